The summed E-state index contributed by atoms with van der Waals surface area (Å²) in [4.78, 5) is 20.7. The number of aliphatic carboxylic acids is 1. The minimum Gasteiger partial charge on any atom is -0.478 e. The van der Waals surface area contributed by atoms with Gasteiger partial charge in [0.05, 0.1) is 5.57 Å². The average Bonchev–Trinajstić information content (AvgIpc) is 2.05. The van der Waals surface area contributed by atoms with Crippen molar-refractivity contribution >= 4 is 12.4 Å². The van der Waals surface area contributed by atoms with Crippen LogP contribution in [0.25, 0.3) is 0 Å². The molecule has 1 amide bonds. The van der Waals surface area contributed by atoms with E-state index in [1.54, 1.807) is 0 Å². The van der Waals surface area contributed by atoms with Gasteiger partial charge >= 0.3 is 5.97 Å². The Morgan fingerprint density at radius 1 is 1.42 bits per heavy atom. The second kappa shape index (κ2) is 3.90. The molecular weight excluding hydrogens is 158 g/mol. The minimum absolute atomic E-state index is 0.355. The summed E-state index contributed by atoms with van der Waals surface area (Å²) < 4.78 is 0. The first-order valence-corrected chi connectivity index (χ1v) is 3.91. The van der Waals surface area contributed by atoms with Crippen LogP contribution in [0.3, 0.4) is 0 Å². The lowest BCUT2D eigenvalue weighted by Gasteiger charge is -2.15. The third-order valence-corrected chi connectivity index (χ3v) is 1.96. The van der Waals surface area contributed by atoms with Crippen LogP contribution < -0.4 is 5.32 Å². The standard InChI is InChI=1S/C8H11NO3/c10-5-9-7-4-2-1-3-6(7)8(11)12/h5H,1-4H2,(H,9,10)(H,11,12). The largest absolute Gasteiger partial charge is 0.478 e. The Bertz CT molecular complexity index is 232. The molecule has 66 valence electrons. The number of rotatable bonds is 3. The molecule has 0 aromatic rings. The van der Waals surface area contributed by atoms with Crippen LogP contribution in [0.1, 0.15) is 25.7 Å². The Morgan fingerprint density at radius 3 is 2.67 bits per heavy atom. The molecule has 0 aromatic heterocycles. The number of hydrogen-bond donors (Lipinski definition) is 2. The second-order valence-electron chi connectivity index (χ2n) is 2.73. The van der Waals surface area contributed by atoms with Crippen LogP contribution >= 0.6 is 0 Å². The molecule has 0 fully saturated rings. The van der Waals surface area contributed by atoms with Gasteiger partial charge in [-0.1, -0.05) is 0 Å². The van der Waals surface area contributed by atoms with Crippen LogP contribution in [-0.2, 0) is 9.59 Å². The maximum absolute atomic E-state index is 10.6. The van der Waals surface area contributed by atoms with Crippen LogP contribution in [0, 0.1) is 0 Å². The van der Waals surface area contributed by atoms with E-state index in [2.05, 4.69) is 5.32 Å². The number of amides is 1. The number of nitrogens with one attached hydrogen (secondary N) is 1. The van der Waals surface area contributed by atoms with Crippen molar-refractivity contribution in [3.63, 3.8) is 0 Å². The summed E-state index contributed by atoms with van der Waals surface area (Å²) in [5.41, 5.74) is 0.928. The normalized spacial score (nSPS) is 17.3. The van der Waals surface area contributed by atoms with Gasteiger partial charge in [0.2, 0.25) is 6.41 Å². The van der Waals surface area contributed by atoms with E-state index in [0.717, 1.165) is 12.8 Å². The number of carbonyl (C=O) groups is 2. The van der Waals surface area contributed by atoms with E-state index in [-0.39, 0.29) is 0 Å². The first kappa shape index (κ1) is 8.77. The number of carboxylic acid groups (broad SMARTS) is 1. The molecule has 0 atom stereocenters. The van der Waals surface area contributed by atoms with Crippen molar-refractivity contribution in [1.29, 1.82) is 0 Å². The van der Waals surface area contributed by atoms with Crippen LogP contribution in [-0.4, -0.2) is 17.5 Å². The predicted octanol–water partition coefficient (Wildman–Crippen LogP) is 0.645. The van der Waals surface area contributed by atoms with Crippen LogP contribution in [0.5, 0.6) is 0 Å². The van der Waals surface area contributed by atoms with Gasteiger partial charge < -0.3 is 10.4 Å². The monoisotopic (exact) mass is 169 g/mol. The number of carbonyl (C=O) groups excluding carboxylic acids is 1. The van der Waals surface area contributed by atoms with Gasteiger partial charge in [0.1, 0.15) is 0 Å². The molecule has 1 aliphatic rings. The van der Waals surface area contributed by atoms with Gasteiger partial charge in [-0.25, -0.2) is 4.79 Å². The molecule has 12 heavy (non-hydrogen) atoms. The molecule has 0 saturated carbocycles. The first-order chi connectivity index (χ1) is 5.75. The van der Waals surface area contributed by atoms with E-state index in [1.165, 1.54) is 0 Å². The predicted molar refractivity (Wildman–Crippen MR) is 42.3 cm³/mol. The summed E-state index contributed by atoms with van der Waals surface area (Å²) in [5, 5.41) is 11.2. The molecule has 1 rings (SSSR count). The molecule has 2 N–H and O–H groups in total. The van der Waals surface area contributed by atoms with Gasteiger partial charge in [-0.2, -0.15) is 0 Å². The Hall–Kier alpha value is -1.32. The zero-order chi connectivity index (χ0) is 8.97. The maximum Gasteiger partial charge on any atom is 0.333 e. The minimum atomic E-state index is -0.918. The van der Waals surface area contributed by atoms with Crippen LogP contribution in [0.4, 0.5) is 0 Å². The summed E-state index contributed by atoms with van der Waals surface area (Å²) in [6, 6.07) is 0. The Morgan fingerprint density at radius 2 is 2.08 bits per heavy atom. The third kappa shape index (κ3) is 1.84. The highest BCUT2D eigenvalue weighted by atomic mass is 16.4. The van der Waals surface area contributed by atoms with Crippen molar-refractivity contribution in [1.82, 2.24) is 5.32 Å². The van der Waals surface area contributed by atoms with Crippen molar-refractivity contribution in [2.24, 2.45) is 0 Å². The molecule has 4 nitrogen and oxygen atoms in total. The molecule has 4 heteroatoms. The van der Waals surface area contributed by atoms with E-state index in [4.69, 9.17) is 5.11 Å². The van der Waals surface area contributed by atoms with Gasteiger partial charge in [-0.3, -0.25) is 4.79 Å². The van der Waals surface area contributed by atoms with E-state index in [1.807, 2.05) is 0 Å². The molecular formula is C8H11NO3. The quantitative estimate of drug-likeness (QED) is 0.609. The topological polar surface area (TPSA) is 66.4 Å². The number of allylic oxidation sites excluding steroid dienone is 1. The second-order valence-corrected chi connectivity index (χ2v) is 2.73. The van der Waals surface area contributed by atoms with Crippen molar-refractivity contribution < 1.29 is 14.7 Å². The average molecular weight is 169 g/mol. The van der Waals surface area contributed by atoms with Gasteiger partial charge in [-0.05, 0) is 25.7 Å². The lowest BCUT2D eigenvalue weighted by molar-refractivity contribution is -0.133. The molecule has 0 heterocycles. The molecule has 1 aliphatic carbocycles. The fourth-order valence-electron chi connectivity index (χ4n) is 1.37. The first-order valence-electron chi connectivity index (χ1n) is 3.91. The lowest BCUT2D eigenvalue weighted by Crippen LogP contribution is -2.19. The summed E-state index contributed by atoms with van der Waals surface area (Å²) in [6.07, 6.45) is 3.61. The number of carboxylic acids is 1. The van der Waals surface area contributed by atoms with Crippen molar-refractivity contribution in [3.8, 4) is 0 Å². The maximum atomic E-state index is 10.6. The highest BCUT2D eigenvalue weighted by molar-refractivity contribution is 5.88. The van der Waals surface area contributed by atoms with E-state index in [9.17, 15) is 9.59 Å². The molecule has 0 aromatic carbocycles. The number of hydrogen-bond acceptors (Lipinski definition) is 2. The van der Waals surface area contributed by atoms with Gasteiger partial charge in [0, 0.05) is 5.70 Å². The van der Waals surface area contributed by atoms with Crippen LogP contribution in [0.15, 0.2) is 11.3 Å². The van der Waals surface area contributed by atoms with Gasteiger partial charge in [-0.15, -0.1) is 0 Å². The fraction of sp³-hybridized carbons (Fsp3) is 0.500. The molecule has 0 unspecified atom stereocenters. The zero-order valence-corrected chi connectivity index (χ0v) is 6.67. The molecule has 0 bridgehead atoms. The summed E-state index contributed by atoms with van der Waals surface area (Å²) in [6.45, 7) is 0. The molecule has 0 aliphatic heterocycles. The van der Waals surface area contributed by atoms with E-state index < -0.39 is 5.97 Å². The molecule has 0 radical (unpaired) electrons. The highest BCUT2D eigenvalue weighted by Crippen LogP contribution is 2.22. The van der Waals surface area contributed by atoms with E-state index in [0.29, 0.717) is 30.5 Å². The Balaban J connectivity index is 2.82. The van der Waals surface area contributed by atoms with Crippen molar-refractivity contribution in [2.75, 3.05) is 0 Å². The van der Waals surface area contributed by atoms with Gasteiger partial charge in [0.15, 0.2) is 0 Å². The smallest absolute Gasteiger partial charge is 0.333 e. The molecule has 0 saturated heterocycles. The SMILES string of the molecule is O=CNC1=C(C(=O)O)CCCC1. The Labute approximate surface area is 70.3 Å². The summed E-state index contributed by atoms with van der Waals surface area (Å²) >= 11 is 0. The van der Waals surface area contributed by atoms with Crippen molar-refractivity contribution in [3.05, 3.63) is 11.3 Å². The third-order valence-electron chi connectivity index (χ3n) is 1.96. The Kier molecular flexibility index (Phi) is 2.85. The summed E-state index contributed by atoms with van der Waals surface area (Å²) in [5.74, 6) is -0.918. The molecule has 0 spiro atoms. The highest BCUT2D eigenvalue weighted by Gasteiger charge is 2.17. The van der Waals surface area contributed by atoms with Crippen molar-refractivity contribution in [2.45, 2.75) is 25.7 Å². The summed E-state index contributed by atoms with van der Waals surface area (Å²) in [7, 11) is 0. The van der Waals surface area contributed by atoms with Crippen LogP contribution in [0.2, 0.25) is 0 Å². The van der Waals surface area contributed by atoms with E-state index >= 15 is 0 Å². The lowest BCUT2D eigenvalue weighted by atomic mass is 9.96. The fourth-order valence-corrected chi connectivity index (χ4v) is 1.37. The van der Waals surface area contributed by atoms with Gasteiger partial charge in [0.25, 0.3) is 0 Å². The zero-order valence-electron chi connectivity index (χ0n) is 6.67.